The Hall–Kier alpha value is -1.94. The van der Waals surface area contributed by atoms with Crippen molar-refractivity contribution in [3.63, 3.8) is 0 Å². The molecule has 0 saturated carbocycles. The van der Waals surface area contributed by atoms with Gasteiger partial charge in [-0.05, 0) is 29.7 Å². The monoisotopic (exact) mass is 269 g/mol. The quantitative estimate of drug-likeness (QED) is 0.849. The molecule has 1 aliphatic rings. The highest BCUT2D eigenvalue weighted by molar-refractivity contribution is 7.80. The first-order valence-electron chi connectivity index (χ1n) is 6.32. The highest BCUT2D eigenvalue weighted by Crippen LogP contribution is 2.25. The highest BCUT2D eigenvalue weighted by atomic mass is 32.1. The molecule has 2 heterocycles. The molecular formula is C15H15N3S. The summed E-state index contributed by atoms with van der Waals surface area (Å²) in [5.74, 6) is 0.893. The fraction of sp³-hybridized carbons (Fsp3) is 0.200. The van der Waals surface area contributed by atoms with Crippen molar-refractivity contribution in [3.05, 3.63) is 59.3 Å². The Kier molecular flexibility index (Phi) is 3.17. The lowest BCUT2D eigenvalue weighted by Gasteiger charge is -2.30. The lowest BCUT2D eigenvalue weighted by molar-refractivity contribution is 0.720. The summed E-state index contributed by atoms with van der Waals surface area (Å²) in [6.07, 6.45) is 2.82. The van der Waals surface area contributed by atoms with Crippen molar-refractivity contribution >= 4 is 23.0 Å². The van der Waals surface area contributed by atoms with Crippen LogP contribution in [-0.4, -0.2) is 16.5 Å². The molecule has 0 saturated heterocycles. The van der Waals surface area contributed by atoms with E-state index in [4.69, 9.17) is 18.0 Å². The lowest BCUT2D eigenvalue weighted by Crippen LogP contribution is -2.32. The van der Waals surface area contributed by atoms with Gasteiger partial charge in [0.05, 0.1) is 5.56 Å². The van der Waals surface area contributed by atoms with Gasteiger partial charge in [-0.25, -0.2) is 4.98 Å². The second-order valence-corrected chi connectivity index (χ2v) is 5.12. The number of nitrogens with two attached hydrogens (primary N) is 1. The molecule has 0 amide bonds. The van der Waals surface area contributed by atoms with Crippen LogP contribution in [0.4, 0.5) is 5.82 Å². The van der Waals surface area contributed by atoms with Crippen LogP contribution in [0.2, 0.25) is 0 Å². The van der Waals surface area contributed by atoms with Crippen LogP contribution in [0.5, 0.6) is 0 Å². The summed E-state index contributed by atoms with van der Waals surface area (Å²) >= 11 is 5.11. The van der Waals surface area contributed by atoms with E-state index in [9.17, 15) is 0 Å². The third-order valence-corrected chi connectivity index (χ3v) is 3.70. The maximum absolute atomic E-state index is 5.78. The Bertz CT molecular complexity index is 624. The van der Waals surface area contributed by atoms with Gasteiger partial charge >= 0.3 is 0 Å². The van der Waals surface area contributed by atoms with Gasteiger partial charge in [0.1, 0.15) is 10.8 Å². The van der Waals surface area contributed by atoms with Crippen LogP contribution in [0.25, 0.3) is 0 Å². The van der Waals surface area contributed by atoms with Gasteiger partial charge in [-0.3, -0.25) is 0 Å². The zero-order valence-corrected chi connectivity index (χ0v) is 11.4. The molecule has 0 aliphatic carbocycles. The smallest absolute Gasteiger partial charge is 0.139 e. The predicted molar refractivity (Wildman–Crippen MR) is 81.3 cm³/mol. The Morgan fingerprint density at radius 3 is 2.74 bits per heavy atom. The number of thiocarbonyl (C=S) groups is 1. The van der Waals surface area contributed by atoms with E-state index in [1.54, 1.807) is 6.20 Å². The lowest BCUT2D eigenvalue weighted by atomic mass is 9.99. The summed E-state index contributed by atoms with van der Waals surface area (Å²) in [6.45, 7) is 1.81. The third kappa shape index (κ3) is 2.31. The number of rotatable bonds is 2. The second kappa shape index (κ2) is 4.97. The van der Waals surface area contributed by atoms with Crippen molar-refractivity contribution in [3.8, 4) is 0 Å². The van der Waals surface area contributed by atoms with Gasteiger partial charge in [-0.1, -0.05) is 36.5 Å². The molecule has 0 radical (unpaired) electrons. The molecular weight excluding hydrogens is 254 g/mol. The molecule has 1 aromatic heterocycles. The molecule has 19 heavy (non-hydrogen) atoms. The molecule has 96 valence electrons. The van der Waals surface area contributed by atoms with Crippen molar-refractivity contribution in [2.45, 2.75) is 13.0 Å². The van der Waals surface area contributed by atoms with Crippen LogP contribution in [0, 0.1) is 0 Å². The second-order valence-electron chi connectivity index (χ2n) is 4.68. The summed E-state index contributed by atoms with van der Waals surface area (Å²) in [5, 5.41) is 0. The molecule has 2 N–H and O–H groups in total. The molecule has 3 nitrogen and oxygen atoms in total. The number of nitrogens with zero attached hydrogens (tertiary/aromatic N) is 2. The Morgan fingerprint density at radius 2 is 1.95 bits per heavy atom. The minimum Gasteiger partial charge on any atom is -0.389 e. The van der Waals surface area contributed by atoms with E-state index in [1.165, 1.54) is 11.1 Å². The van der Waals surface area contributed by atoms with E-state index < -0.39 is 0 Å². The fourth-order valence-corrected chi connectivity index (χ4v) is 2.68. The molecule has 3 rings (SSSR count). The molecule has 1 aliphatic heterocycles. The molecule has 0 spiro atoms. The Morgan fingerprint density at radius 1 is 1.16 bits per heavy atom. The average molecular weight is 269 g/mol. The first-order chi connectivity index (χ1) is 9.25. The molecule has 1 aromatic carbocycles. The number of benzene rings is 1. The molecule has 0 fully saturated rings. The van der Waals surface area contributed by atoms with E-state index in [-0.39, 0.29) is 0 Å². The Balaban J connectivity index is 1.95. The van der Waals surface area contributed by atoms with Crippen molar-refractivity contribution in [1.82, 2.24) is 4.98 Å². The van der Waals surface area contributed by atoms with Crippen molar-refractivity contribution in [1.29, 1.82) is 0 Å². The SMILES string of the molecule is NC(=S)c1cccnc1N1CCc2ccccc2C1. The fourth-order valence-electron chi connectivity index (χ4n) is 2.52. The number of fused-ring (bicyclic) bond motifs is 1. The summed E-state index contributed by atoms with van der Waals surface area (Å²) in [6, 6.07) is 12.3. The van der Waals surface area contributed by atoms with E-state index in [0.717, 1.165) is 30.9 Å². The van der Waals surface area contributed by atoms with Gasteiger partial charge in [-0.2, -0.15) is 0 Å². The topological polar surface area (TPSA) is 42.1 Å². The molecule has 0 atom stereocenters. The first-order valence-corrected chi connectivity index (χ1v) is 6.73. The van der Waals surface area contributed by atoms with E-state index >= 15 is 0 Å². The minimum absolute atomic E-state index is 0.405. The molecule has 4 heteroatoms. The maximum atomic E-state index is 5.78. The van der Waals surface area contributed by atoms with E-state index in [2.05, 4.69) is 34.1 Å². The molecule has 2 aromatic rings. The van der Waals surface area contributed by atoms with Gasteiger partial charge in [0.25, 0.3) is 0 Å². The number of hydrogen-bond acceptors (Lipinski definition) is 3. The standard InChI is InChI=1S/C15H15N3S/c16-14(19)13-6-3-8-17-15(13)18-9-7-11-4-1-2-5-12(11)10-18/h1-6,8H,7,9-10H2,(H2,16,19). The summed E-state index contributed by atoms with van der Waals surface area (Å²) in [7, 11) is 0. The predicted octanol–water partition coefficient (Wildman–Crippen LogP) is 2.28. The number of aromatic nitrogens is 1. The van der Waals surface area contributed by atoms with Crippen molar-refractivity contribution in [2.24, 2.45) is 5.73 Å². The van der Waals surface area contributed by atoms with Crippen LogP contribution in [0.15, 0.2) is 42.6 Å². The minimum atomic E-state index is 0.405. The van der Waals surface area contributed by atoms with Gasteiger partial charge < -0.3 is 10.6 Å². The number of hydrogen-bond donors (Lipinski definition) is 1. The van der Waals surface area contributed by atoms with Gasteiger partial charge in [0.2, 0.25) is 0 Å². The first kappa shape index (κ1) is 12.1. The van der Waals surface area contributed by atoms with Crippen LogP contribution in [0.3, 0.4) is 0 Å². The van der Waals surface area contributed by atoms with Gasteiger partial charge in [-0.15, -0.1) is 0 Å². The summed E-state index contributed by atoms with van der Waals surface area (Å²) < 4.78 is 0. The Labute approximate surface area is 118 Å². The molecule has 0 bridgehead atoms. The van der Waals surface area contributed by atoms with Gasteiger partial charge in [0.15, 0.2) is 0 Å². The van der Waals surface area contributed by atoms with Crippen molar-refractivity contribution < 1.29 is 0 Å². The molecule has 0 unspecified atom stereocenters. The maximum Gasteiger partial charge on any atom is 0.139 e. The van der Waals surface area contributed by atoms with Crippen LogP contribution < -0.4 is 10.6 Å². The third-order valence-electron chi connectivity index (χ3n) is 3.48. The summed E-state index contributed by atoms with van der Waals surface area (Å²) in [4.78, 5) is 7.11. The number of pyridine rings is 1. The van der Waals surface area contributed by atoms with Crippen LogP contribution >= 0.6 is 12.2 Å². The zero-order chi connectivity index (χ0) is 13.2. The normalized spacial score (nSPS) is 14.0. The average Bonchev–Trinajstić information content (AvgIpc) is 2.46. The number of anilines is 1. The zero-order valence-electron chi connectivity index (χ0n) is 10.5. The van der Waals surface area contributed by atoms with E-state index in [0.29, 0.717) is 4.99 Å². The highest BCUT2D eigenvalue weighted by Gasteiger charge is 2.19. The van der Waals surface area contributed by atoms with Gasteiger partial charge in [0, 0.05) is 19.3 Å². The summed E-state index contributed by atoms with van der Waals surface area (Å²) in [5.41, 5.74) is 9.42. The largest absolute Gasteiger partial charge is 0.389 e. The van der Waals surface area contributed by atoms with Crippen LogP contribution in [0.1, 0.15) is 16.7 Å². The van der Waals surface area contributed by atoms with E-state index in [1.807, 2.05) is 12.1 Å². The van der Waals surface area contributed by atoms with Crippen LogP contribution in [-0.2, 0) is 13.0 Å². The van der Waals surface area contributed by atoms with Crippen molar-refractivity contribution in [2.75, 3.05) is 11.4 Å².